The number of nitro groups is 1. The first-order valence-electron chi connectivity index (χ1n) is 4.77. The van der Waals surface area contributed by atoms with E-state index >= 15 is 0 Å². The number of rotatable bonds is 1. The maximum absolute atomic E-state index is 9.94. The predicted octanol–water partition coefficient (Wildman–Crippen LogP) is 2.98. The summed E-state index contributed by atoms with van der Waals surface area (Å²) in [6.45, 7) is 2.08. The molecule has 1 aromatic heterocycles. The maximum Gasteiger partial charge on any atom is 0.363 e. The van der Waals surface area contributed by atoms with Gasteiger partial charge in [0.2, 0.25) is 0 Å². The van der Waals surface area contributed by atoms with E-state index in [4.69, 9.17) is 0 Å². The van der Waals surface area contributed by atoms with Gasteiger partial charge in [0, 0.05) is 6.07 Å². The van der Waals surface area contributed by atoms with Gasteiger partial charge in [-0.1, -0.05) is 42.0 Å². The molecule has 0 aliphatic heterocycles. The molecular formula is C12H12N2O2. The standard InChI is InChI=1S/C7H8.C5H4N2O2/c1-7-5-3-2-4-6-7;8-7(9)5-3-1-2-4-6-5/h2-6H,1H3;1-4H. The van der Waals surface area contributed by atoms with Crippen molar-refractivity contribution in [2.75, 3.05) is 0 Å². The highest BCUT2D eigenvalue weighted by molar-refractivity contribution is 5.16. The van der Waals surface area contributed by atoms with Gasteiger partial charge >= 0.3 is 5.82 Å². The average molecular weight is 216 g/mol. The minimum atomic E-state index is -0.528. The largest absolute Gasteiger partial charge is 0.363 e. The van der Waals surface area contributed by atoms with Gasteiger partial charge in [0.1, 0.15) is 6.20 Å². The van der Waals surface area contributed by atoms with E-state index in [1.807, 2.05) is 18.2 Å². The lowest BCUT2D eigenvalue weighted by Crippen LogP contribution is -1.88. The van der Waals surface area contributed by atoms with Crippen LogP contribution in [0, 0.1) is 17.0 Å². The van der Waals surface area contributed by atoms with Gasteiger partial charge < -0.3 is 10.1 Å². The van der Waals surface area contributed by atoms with Crippen molar-refractivity contribution in [2.45, 2.75) is 6.92 Å². The highest BCUT2D eigenvalue weighted by Crippen LogP contribution is 2.01. The molecule has 0 aliphatic carbocycles. The number of pyridine rings is 1. The lowest BCUT2D eigenvalue weighted by Gasteiger charge is -1.86. The summed E-state index contributed by atoms with van der Waals surface area (Å²) in [5.41, 5.74) is 1.32. The zero-order chi connectivity index (χ0) is 11.8. The van der Waals surface area contributed by atoms with Crippen molar-refractivity contribution in [3.8, 4) is 0 Å². The molecule has 0 atom stereocenters. The quantitative estimate of drug-likeness (QED) is 0.544. The molecule has 0 bridgehead atoms. The van der Waals surface area contributed by atoms with Gasteiger partial charge in [0.15, 0.2) is 0 Å². The van der Waals surface area contributed by atoms with Crippen LogP contribution in [-0.4, -0.2) is 9.91 Å². The normalized spacial score (nSPS) is 8.81. The van der Waals surface area contributed by atoms with Gasteiger partial charge in [-0.05, 0) is 22.9 Å². The van der Waals surface area contributed by atoms with E-state index in [9.17, 15) is 10.1 Å². The maximum atomic E-state index is 9.94. The third-order valence-corrected chi connectivity index (χ3v) is 1.78. The Morgan fingerprint density at radius 2 is 1.69 bits per heavy atom. The van der Waals surface area contributed by atoms with Crippen molar-refractivity contribution in [1.82, 2.24) is 4.98 Å². The molecule has 16 heavy (non-hydrogen) atoms. The van der Waals surface area contributed by atoms with Crippen LogP contribution >= 0.6 is 0 Å². The van der Waals surface area contributed by atoms with Crippen molar-refractivity contribution in [2.24, 2.45) is 0 Å². The zero-order valence-corrected chi connectivity index (χ0v) is 8.91. The number of aryl methyl sites for hydroxylation is 1. The van der Waals surface area contributed by atoms with Gasteiger partial charge in [-0.25, -0.2) is 0 Å². The van der Waals surface area contributed by atoms with Crippen LogP contribution in [0.5, 0.6) is 0 Å². The smallest absolute Gasteiger partial charge is 0.358 e. The minimum Gasteiger partial charge on any atom is -0.358 e. The molecule has 0 saturated carbocycles. The molecule has 0 N–H and O–H groups in total. The van der Waals surface area contributed by atoms with Crippen LogP contribution in [0.1, 0.15) is 5.56 Å². The molecule has 4 nitrogen and oxygen atoms in total. The van der Waals surface area contributed by atoms with Crippen molar-refractivity contribution in [1.29, 1.82) is 0 Å². The van der Waals surface area contributed by atoms with E-state index in [0.29, 0.717) is 0 Å². The van der Waals surface area contributed by atoms with Crippen molar-refractivity contribution in [3.63, 3.8) is 0 Å². The van der Waals surface area contributed by atoms with Gasteiger partial charge in [-0.2, -0.15) is 0 Å². The van der Waals surface area contributed by atoms with E-state index in [0.717, 1.165) is 0 Å². The molecule has 0 fully saturated rings. The highest BCUT2D eigenvalue weighted by atomic mass is 16.6. The van der Waals surface area contributed by atoms with Crippen LogP contribution in [-0.2, 0) is 0 Å². The van der Waals surface area contributed by atoms with E-state index in [1.54, 1.807) is 12.1 Å². The lowest BCUT2D eigenvalue weighted by molar-refractivity contribution is -0.389. The van der Waals surface area contributed by atoms with E-state index < -0.39 is 4.92 Å². The molecule has 0 saturated heterocycles. The first kappa shape index (κ1) is 11.8. The van der Waals surface area contributed by atoms with Crippen molar-refractivity contribution < 1.29 is 4.92 Å². The Hall–Kier alpha value is -2.23. The molecule has 0 unspecified atom stereocenters. The summed E-state index contributed by atoms with van der Waals surface area (Å²) in [6, 6.07) is 14.8. The molecule has 2 rings (SSSR count). The number of aromatic nitrogens is 1. The molecule has 82 valence electrons. The van der Waals surface area contributed by atoms with Crippen molar-refractivity contribution >= 4 is 5.82 Å². The topological polar surface area (TPSA) is 56.0 Å². The second-order valence-electron chi connectivity index (χ2n) is 3.10. The summed E-state index contributed by atoms with van der Waals surface area (Å²) >= 11 is 0. The summed E-state index contributed by atoms with van der Waals surface area (Å²) in [5, 5.41) is 9.94. The third-order valence-electron chi connectivity index (χ3n) is 1.78. The molecule has 0 amide bonds. The predicted molar refractivity (Wildman–Crippen MR) is 62.1 cm³/mol. The van der Waals surface area contributed by atoms with E-state index in [1.165, 1.54) is 17.8 Å². The Kier molecular flexibility index (Phi) is 4.66. The van der Waals surface area contributed by atoms with Crippen LogP contribution < -0.4 is 0 Å². The lowest BCUT2D eigenvalue weighted by atomic mass is 10.2. The number of hydrogen-bond donors (Lipinski definition) is 0. The van der Waals surface area contributed by atoms with Crippen LogP contribution in [0.2, 0.25) is 0 Å². The average Bonchev–Trinajstić information content (AvgIpc) is 2.32. The van der Waals surface area contributed by atoms with Crippen LogP contribution in [0.3, 0.4) is 0 Å². The molecule has 4 heteroatoms. The molecular weight excluding hydrogens is 204 g/mol. The van der Waals surface area contributed by atoms with Gasteiger partial charge in [0.05, 0.1) is 0 Å². The second kappa shape index (κ2) is 6.29. The molecule has 0 spiro atoms. The van der Waals surface area contributed by atoms with Crippen LogP contribution in [0.4, 0.5) is 5.82 Å². The first-order valence-corrected chi connectivity index (χ1v) is 4.77. The molecule has 0 aliphatic rings. The van der Waals surface area contributed by atoms with Gasteiger partial charge in [-0.15, -0.1) is 0 Å². The number of hydrogen-bond acceptors (Lipinski definition) is 3. The number of benzene rings is 1. The van der Waals surface area contributed by atoms with E-state index in [-0.39, 0.29) is 5.82 Å². The fourth-order valence-corrected chi connectivity index (χ4v) is 0.996. The molecule has 1 aromatic carbocycles. The molecule has 0 radical (unpaired) electrons. The fourth-order valence-electron chi connectivity index (χ4n) is 0.996. The van der Waals surface area contributed by atoms with Gasteiger partial charge in [-0.3, -0.25) is 0 Å². The summed E-state index contributed by atoms with van der Waals surface area (Å²) in [5.74, 6) is -0.113. The fraction of sp³-hybridized carbons (Fsp3) is 0.0833. The Balaban J connectivity index is 0.000000165. The molecule has 1 heterocycles. The third kappa shape index (κ3) is 4.32. The zero-order valence-electron chi connectivity index (χ0n) is 8.91. The Morgan fingerprint density at radius 1 is 1.06 bits per heavy atom. The Labute approximate surface area is 93.7 Å². The highest BCUT2D eigenvalue weighted by Gasteiger charge is 2.00. The minimum absolute atomic E-state index is 0.113. The second-order valence-corrected chi connectivity index (χ2v) is 3.10. The summed E-state index contributed by atoms with van der Waals surface area (Å²) < 4.78 is 0. The van der Waals surface area contributed by atoms with Crippen molar-refractivity contribution in [3.05, 3.63) is 70.4 Å². The van der Waals surface area contributed by atoms with Gasteiger partial charge in [0.25, 0.3) is 0 Å². The SMILES string of the molecule is Cc1ccccc1.O=[N+]([O-])c1ccccn1. The summed E-state index contributed by atoms with van der Waals surface area (Å²) in [4.78, 5) is 12.9. The van der Waals surface area contributed by atoms with Crippen LogP contribution in [0.15, 0.2) is 54.7 Å². The summed E-state index contributed by atoms with van der Waals surface area (Å²) in [6.07, 6.45) is 1.39. The monoisotopic (exact) mass is 216 g/mol. The Morgan fingerprint density at radius 3 is 2.00 bits per heavy atom. The summed E-state index contributed by atoms with van der Waals surface area (Å²) in [7, 11) is 0. The number of nitrogens with zero attached hydrogens (tertiary/aromatic N) is 2. The first-order chi connectivity index (χ1) is 7.70. The molecule has 2 aromatic rings. The Bertz CT molecular complexity index is 429. The van der Waals surface area contributed by atoms with Crippen LogP contribution in [0.25, 0.3) is 0 Å². The van der Waals surface area contributed by atoms with E-state index in [2.05, 4.69) is 24.0 Å².